The monoisotopic (exact) mass is 392 g/mol. The highest BCUT2D eigenvalue weighted by Crippen LogP contribution is 2.17. The maximum atomic E-state index is 12.0. The van der Waals surface area contributed by atoms with Crippen LogP contribution in [0.2, 0.25) is 0 Å². The molecule has 0 aliphatic heterocycles. The summed E-state index contributed by atoms with van der Waals surface area (Å²) >= 11 is 3.11. The summed E-state index contributed by atoms with van der Waals surface area (Å²) < 4.78 is 11.1. The Balaban J connectivity index is 2.16. The molecule has 1 heterocycles. The number of carbonyl (C=O) groups excluding carboxylic acids is 2. The molecule has 1 aromatic carbocycles. The van der Waals surface area contributed by atoms with Crippen molar-refractivity contribution in [2.75, 3.05) is 0 Å². The number of hydrogen-bond donors (Lipinski definition) is 2. The number of carbonyl (C=O) groups is 2. The molecule has 6 nitrogen and oxygen atoms in total. The van der Waals surface area contributed by atoms with Gasteiger partial charge in [0.2, 0.25) is 0 Å². The summed E-state index contributed by atoms with van der Waals surface area (Å²) in [6.07, 6.45) is 1.55. The topological polar surface area (TPSA) is 94.6 Å². The molecule has 2 rings (SSSR count). The Bertz CT molecular complexity index is 763. The first kappa shape index (κ1) is 17.8. The maximum Gasteiger partial charge on any atom is 0.291 e. The predicted molar refractivity (Wildman–Crippen MR) is 93.3 cm³/mol. The summed E-state index contributed by atoms with van der Waals surface area (Å²) in [7, 11) is 0. The normalized spacial score (nSPS) is 11.4. The molecular weight excluding hydrogens is 376 g/mol. The second kappa shape index (κ2) is 7.83. The van der Waals surface area contributed by atoms with E-state index >= 15 is 0 Å². The Labute approximate surface area is 147 Å². The molecule has 1 aromatic heterocycles. The Kier molecular flexibility index (Phi) is 5.81. The SMILES string of the molecule is CC(C)Oc1ccc(/C=C(/NC(=O)c2ccc(Br)o2)C(N)=O)cc1. The van der Waals surface area contributed by atoms with Crippen LogP contribution in [0.4, 0.5) is 0 Å². The van der Waals surface area contributed by atoms with Crippen molar-refractivity contribution in [3.8, 4) is 5.75 Å². The lowest BCUT2D eigenvalue weighted by Crippen LogP contribution is -2.30. The summed E-state index contributed by atoms with van der Waals surface area (Å²) in [5.41, 5.74) is 5.98. The molecule has 2 aromatic rings. The molecule has 0 saturated heterocycles. The molecule has 0 atom stereocenters. The zero-order valence-electron chi connectivity index (χ0n) is 13.2. The van der Waals surface area contributed by atoms with Crippen LogP contribution in [-0.4, -0.2) is 17.9 Å². The van der Waals surface area contributed by atoms with E-state index in [0.29, 0.717) is 16.0 Å². The van der Waals surface area contributed by atoms with E-state index < -0.39 is 11.8 Å². The first-order valence-corrected chi connectivity index (χ1v) is 7.99. The zero-order valence-corrected chi connectivity index (χ0v) is 14.8. The molecule has 0 bridgehead atoms. The molecule has 24 heavy (non-hydrogen) atoms. The highest BCUT2D eigenvalue weighted by Gasteiger charge is 2.15. The second-order valence-corrected chi connectivity index (χ2v) is 6.00. The Morgan fingerprint density at radius 2 is 1.88 bits per heavy atom. The van der Waals surface area contributed by atoms with Gasteiger partial charge in [0.05, 0.1) is 6.10 Å². The van der Waals surface area contributed by atoms with Crippen LogP contribution in [0.25, 0.3) is 6.08 Å². The average Bonchev–Trinajstić information content (AvgIpc) is 2.94. The number of hydrogen-bond acceptors (Lipinski definition) is 4. The van der Waals surface area contributed by atoms with Crippen LogP contribution in [-0.2, 0) is 4.79 Å². The molecule has 0 aliphatic rings. The molecule has 0 aliphatic carbocycles. The van der Waals surface area contributed by atoms with E-state index in [1.165, 1.54) is 12.1 Å². The third kappa shape index (κ3) is 4.99. The van der Waals surface area contributed by atoms with Gasteiger partial charge in [0.1, 0.15) is 11.4 Å². The van der Waals surface area contributed by atoms with Crippen molar-refractivity contribution in [1.29, 1.82) is 0 Å². The lowest BCUT2D eigenvalue weighted by atomic mass is 10.1. The molecule has 3 N–H and O–H groups in total. The molecule has 0 spiro atoms. The van der Waals surface area contributed by atoms with Crippen LogP contribution in [0.1, 0.15) is 30.0 Å². The second-order valence-electron chi connectivity index (χ2n) is 5.22. The van der Waals surface area contributed by atoms with Gasteiger partial charge in [-0.3, -0.25) is 9.59 Å². The van der Waals surface area contributed by atoms with E-state index in [0.717, 1.165) is 0 Å². The molecule has 2 amide bonds. The Morgan fingerprint density at radius 1 is 1.21 bits per heavy atom. The Hall–Kier alpha value is -2.54. The van der Waals surface area contributed by atoms with Crippen LogP contribution in [0.3, 0.4) is 0 Å². The van der Waals surface area contributed by atoms with Crippen molar-refractivity contribution < 1.29 is 18.7 Å². The van der Waals surface area contributed by atoms with E-state index in [-0.39, 0.29) is 17.6 Å². The highest BCUT2D eigenvalue weighted by molar-refractivity contribution is 9.10. The van der Waals surface area contributed by atoms with Crippen LogP contribution < -0.4 is 15.8 Å². The summed E-state index contributed by atoms with van der Waals surface area (Å²) in [5.74, 6) is -0.538. The first-order valence-electron chi connectivity index (χ1n) is 7.20. The van der Waals surface area contributed by atoms with E-state index in [2.05, 4.69) is 21.2 Å². The number of primary amides is 1. The quantitative estimate of drug-likeness (QED) is 0.738. The number of benzene rings is 1. The summed E-state index contributed by atoms with van der Waals surface area (Å²) in [4.78, 5) is 23.6. The average molecular weight is 393 g/mol. The molecule has 0 saturated carbocycles. The largest absolute Gasteiger partial charge is 0.491 e. The maximum absolute atomic E-state index is 12.0. The number of nitrogens with two attached hydrogens (primary N) is 1. The number of furan rings is 1. The molecule has 7 heteroatoms. The zero-order chi connectivity index (χ0) is 17.7. The minimum Gasteiger partial charge on any atom is -0.491 e. The minimum atomic E-state index is -0.753. The fourth-order valence-electron chi connectivity index (χ4n) is 1.87. The standard InChI is InChI=1S/C17H17BrN2O4/c1-10(2)23-12-5-3-11(4-6-12)9-13(16(19)21)20-17(22)14-7-8-15(18)24-14/h3-10H,1-2H3,(H2,19,21)(H,20,22)/b13-9+. The number of rotatable bonds is 6. The van der Waals surface area contributed by atoms with Crippen molar-refractivity contribution in [3.63, 3.8) is 0 Å². The highest BCUT2D eigenvalue weighted by atomic mass is 79.9. The van der Waals surface area contributed by atoms with Crippen molar-refractivity contribution in [3.05, 3.63) is 58.1 Å². The third-order valence-electron chi connectivity index (χ3n) is 2.87. The number of ether oxygens (including phenoxy) is 1. The van der Waals surface area contributed by atoms with Gasteiger partial charge in [-0.1, -0.05) is 12.1 Å². The van der Waals surface area contributed by atoms with E-state index in [9.17, 15) is 9.59 Å². The van der Waals surface area contributed by atoms with Crippen molar-refractivity contribution >= 4 is 33.8 Å². The van der Waals surface area contributed by atoms with Gasteiger partial charge < -0.3 is 20.2 Å². The van der Waals surface area contributed by atoms with Crippen LogP contribution >= 0.6 is 15.9 Å². The lowest BCUT2D eigenvalue weighted by molar-refractivity contribution is -0.114. The van der Waals surface area contributed by atoms with Gasteiger partial charge in [-0.15, -0.1) is 0 Å². The fraction of sp³-hybridized carbons (Fsp3) is 0.176. The van der Waals surface area contributed by atoms with Crippen molar-refractivity contribution in [1.82, 2.24) is 5.32 Å². The molecular formula is C17H17BrN2O4. The van der Waals surface area contributed by atoms with Gasteiger partial charge in [0, 0.05) is 0 Å². The van der Waals surface area contributed by atoms with Crippen molar-refractivity contribution in [2.45, 2.75) is 20.0 Å². The van der Waals surface area contributed by atoms with Crippen LogP contribution in [0, 0.1) is 0 Å². The van der Waals surface area contributed by atoms with Gasteiger partial charge in [-0.2, -0.15) is 0 Å². The number of halogens is 1. The summed E-state index contributed by atoms with van der Waals surface area (Å²) in [6.45, 7) is 3.86. The summed E-state index contributed by atoms with van der Waals surface area (Å²) in [5, 5.41) is 2.44. The molecule has 0 fully saturated rings. The van der Waals surface area contributed by atoms with E-state index in [4.69, 9.17) is 14.9 Å². The van der Waals surface area contributed by atoms with Crippen molar-refractivity contribution in [2.24, 2.45) is 5.73 Å². The van der Waals surface area contributed by atoms with Gasteiger partial charge in [-0.05, 0) is 65.7 Å². The molecule has 126 valence electrons. The molecule has 0 radical (unpaired) electrons. The third-order valence-corrected chi connectivity index (χ3v) is 3.30. The van der Waals surface area contributed by atoms with E-state index in [1.54, 1.807) is 30.3 Å². The first-order chi connectivity index (χ1) is 11.3. The summed E-state index contributed by atoms with van der Waals surface area (Å²) in [6, 6.07) is 10.1. The lowest BCUT2D eigenvalue weighted by Gasteiger charge is -2.10. The van der Waals surface area contributed by atoms with Gasteiger partial charge in [0.15, 0.2) is 10.4 Å². The van der Waals surface area contributed by atoms with Crippen LogP contribution in [0.15, 0.2) is 51.2 Å². The Morgan fingerprint density at radius 3 is 2.38 bits per heavy atom. The van der Waals surface area contributed by atoms with E-state index in [1.807, 2.05) is 13.8 Å². The number of nitrogens with one attached hydrogen (secondary N) is 1. The predicted octanol–water partition coefficient (Wildman–Crippen LogP) is 3.09. The fourth-order valence-corrected chi connectivity index (χ4v) is 2.18. The smallest absolute Gasteiger partial charge is 0.291 e. The van der Waals surface area contributed by atoms with Gasteiger partial charge in [-0.25, -0.2) is 0 Å². The van der Waals surface area contributed by atoms with Gasteiger partial charge in [0.25, 0.3) is 11.8 Å². The minimum absolute atomic E-state index is 0.0370. The number of amides is 2. The van der Waals surface area contributed by atoms with Crippen LogP contribution in [0.5, 0.6) is 5.75 Å². The van der Waals surface area contributed by atoms with Gasteiger partial charge >= 0.3 is 0 Å². The molecule has 0 unspecified atom stereocenters.